The van der Waals surface area contributed by atoms with Gasteiger partial charge in [-0.2, -0.15) is 0 Å². The third-order valence-corrected chi connectivity index (χ3v) is 1.79. The minimum atomic E-state index is 1.10. The van der Waals surface area contributed by atoms with Crippen LogP contribution in [0, 0.1) is 0 Å². The summed E-state index contributed by atoms with van der Waals surface area (Å²) in [5.74, 6) is 0. The summed E-state index contributed by atoms with van der Waals surface area (Å²) >= 11 is 0. The molecule has 0 fully saturated rings. The second kappa shape index (κ2) is 9.05. The molecule has 0 aliphatic carbocycles. The van der Waals surface area contributed by atoms with Crippen LogP contribution in [0.4, 0.5) is 0 Å². The summed E-state index contributed by atoms with van der Waals surface area (Å²) in [6.07, 6.45) is 14.7. The first-order chi connectivity index (χ1) is 6.35. The Labute approximate surface area is 82.4 Å². The zero-order valence-corrected chi connectivity index (χ0v) is 8.63. The molecule has 0 saturated carbocycles. The fourth-order valence-electron chi connectivity index (χ4n) is 1.16. The van der Waals surface area contributed by atoms with Crippen molar-refractivity contribution in [1.29, 1.82) is 0 Å². The highest BCUT2D eigenvalue weighted by molar-refractivity contribution is 5.21. The zero-order valence-electron chi connectivity index (χ0n) is 8.63. The van der Waals surface area contributed by atoms with Crippen molar-refractivity contribution in [2.24, 2.45) is 0 Å². The van der Waals surface area contributed by atoms with Crippen LogP contribution in [-0.4, -0.2) is 0 Å². The molecular formula is C13H20. The summed E-state index contributed by atoms with van der Waals surface area (Å²) in [5, 5.41) is 0. The summed E-state index contributed by atoms with van der Waals surface area (Å²) in [4.78, 5) is 0. The molecule has 0 aromatic heterocycles. The first-order valence-corrected chi connectivity index (χ1v) is 4.94. The van der Waals surface area contributed by atoms with Gasteiger partial charge >= 0.3 is 0 Å². The molecule has 0 atom stereocenters. The minimum absolute atomic E-state index is 1.10. The van der Waals surface area contributed by atoms with Crippen molar-refractivity contribution in [2.75, 3.05) is 0 Å². The highest BCUT2D eigenvalue weighted by Gasteiger charge is 1.90. The highest BCUT2D eigenvalue weighted by atomic mass is 14.0. The van der Waals surface area contributed by atoms with E-state index >= 15 is 0 Å². The predicted octanol–water partition coefficient (Wildman–Crippen LogP) is 4.42. The van der Waals surface area contributed by atoms with Crippen LogP contribution in [0.2, 0.25) is 0 Å². The van der Waals surface area contributed by atoms with E-state index in [9.17, 15) is 0 Å². The molecule has 0 rings (SSSR count). The van der Waals surface area contributed by atoms with Crippen molar-refractivity contribution in [1.82, 2.24) is 0 Å². The van der Waals surface area contributed by atoms with Crippen LogP contribution in [0.5, 0.6) is 0 Å². The van der Waals surface area contributed by atoms with Gasteiger partial charge in [-0.25, -0.2) is 0 Å². The van der Waals surface area contributed by atoms with Crippen LogP contribution in [0.1, 0.15) is 32.6 Å². The van der Waals surface area contributed by atoms with E-state index in [0.717, 1.165) is 19.3 Å². The Bertz CT molecular complexity index is 194. The molecule has 0 amide bonds. The molecule has 0 unspecified atom stereocenters. The second-order valence-electron chi connectivity index (χ2n) is 2.96. The Morgan fingerprint density at radius 2 is 2.08 bits per heavy atom. The molecule has 0 aromatic rings. The normalized spacial score (nSPS) is 11.9. The van der Waals surface area contributed by atoms with Gasteiger partial charge in [0, 0.05) is 0 Å². The van der Waals surface area contributed by atoms with Gasteiger partial charge in [-0.15, -0.1) is 6.58 Å². The van der Waals surface area contributed by atoms with E-state index < -0.39 is 0 Å². The van der Waals surface area contributed by atoms with Gasteiger partial charge in [0.2, 0.25) is 0 Å². The molecule has 0 bridgehead atoms. The average Bonchev–Trinajstić information content (AvgIpc) is 2.14. The minimum Gasteiger partial charge on any atom is -0.103 e. The Morgan fingerprint density at radius 1 is 1.31 bits per heavy atom. The van der Waals surface area contributed by atoms with E-state index in [1.165, 1.54) is 12.0 Å². The standard InChI is InChI=1S/C13H20/c1-4-7-9-12-13(10-6-3)11-8-5-2/h4-5,8,10-11H,1-2,6-7,9,12H2,3H3. The maximum absolute atomic E-state index is 3.71. The largest absolute Gasteiger partial charge is 0.103 e. The Morgan fingerprint density at radius 3 is 2.62 bits per heavy atom. The van der Waals surface area contributed by atoms with Gasteiger partial charge in [0.15, 0.2) is 0 Å². The Hall–Kier alpha value is -1.04. The van der Waals surface area contributed by atoms with Gasteiger partial charge in [0.1, 0.15) is 0 Å². The zero-order chi connectivity index (χ0) is 9.94. The molecule has 0 radical (unpaired) electrons. The van der Waals surface area contributed by atoms with Gasteiger partial charge in [-0.1, -0.05) is 49.5 Å². The highest BCUT2D eigenvalue weighted by Crippen LogP contribution is 2.10. The number of rotatable bonds is 7. The maximum Gasteiger partial charge on any atom is -0.0279 e. The molecule has 0 aliphatic rings. The predicted molar refractivity (Wildman–Crippen MR) is 61.8 cm³/mol. The van der Waals surface area contributed by atoms with Crippen molar-refractivity contribution in [3.63, 3.8) is 0 Å². The summed E-state index contributed by atoms with van der Waals surface area (Å²) < 4.78 is 0. The van der Waals surface area contributed by atoms with Gasteiger partial charge in [-0.05, 0) is 25.7 Å². The van der Waals surface area contributed by atoms with Gasteiger partial charge < -0.3 is 0 Å². The number of allylic oxidation sites excluding steroid dienone is 6. The fraction of sp³-hybridized carbons (Fsp3) is 0.385. The molecule has 0 N–H and O–H groups in total. The molecule has 0 heteroatoms. The summed E-state index contributed by atoms with van der Waals surface area (Å²) in [7, 11) is 0. The van der Waals surface area contributed by atoms with Gasteiger partial charge in [0.05, 0.1) is 0 Å². The first kappa shape index (κ1) is 12.0. The molecule has 0 heterocycles. The molecule has 0 aliphatic heterocycles. The SMILES string of the molecule is C=CC=CC(=CCC)CCCC=C. The fourth-order valence-corrected chi connectivity index (χ4v) is 1.16. The molecule has 0 aromatic carbocycles. The second-order valence-corrected chi connectivity index (χ2v) is 2.96. The molecular weight excluding hydrogens is 156 g/mol. The van der Waals surface area contributed by atoms with E-state index in [0.29, 0.717) is 0 Å². The number of unbranched alkanes of at least 4 members (excludes halogenated alkanes) is 1. The number of hydrogen-bond donors (Lipinski definition) is 0. The van der Waals surface area contributed by atoms with E-state index in [1.807, 2.05) is 18.2 Å². The van der Waals surface area contributed by atoms with Gasteiger partial charge in [0.25, 0.3) is 0 Å². The third-order valence-electron chi connectivity index (χ3n) is 1.79. The van der Waals surface area contributed by atoms with Crippen LogP contribution >= 0.6 is 0 Å². The van der Waals surface area contributed by atoms with Crippen LogP contribution in [0.25, 0.3) is 0 Å². The molecule has 0 nitrogen and oxygen atoms in total. The van der Waals surface area contributed by atoms with E-state index in [1.54, 1.807) is 0 Å². The van der Waals surface area contributed by atoms with Gasteiger partial charge in [-0.3, -0.25) is 0 Å². The van der Waals surface area contributed by atoms with Crippen molar-refractivity contribution < 1.29 is 0 Å². The first-order valence-electron chi connectivity index (χ1n) is 4.94. The molecule has 72 valence electrons. The van der Waals surface area contributed by atoms with Crippen LogP contribution < -0.4 is 0 Å². The monoisotopic (exact) mass is 176 g/mol. The lowest BCUT2D eigenvalue weighted by Crippen LogP contribution is -1.79. The lowest BCUT2D eigenvalue weighted by molar-refractivity contribution is 0.843. The topological polar surface area (TPSA) is 0 Å². The lowest BCUT2D eigenvalue weighted by Gasteiger charge is -1.99. The summed E-state index contributed by atoms with van der Waals surface area (Å²) in [6, 6.07) is 0. The van der Waals surface area contributed by atoms with Crippen LogP contribution in [-0.2, 0) is 0 Å². The van der Waals surface area contributed by atoms with Crippen LogP contribution in [0.15, 0.2) is 49.1 Å². The molecule has 13 heavy (non-hydrogen) atoms. The average molecular weight is 176 g/mol. The van der Waals surface area contributed by atoms with E-state index in [2.05, 4.69) is 32.2 Å². The Balaban J connectivity index is 3.94. The van der Waals surface area contributed by atoms with Crippen molar-refractivity contribution in [3.05, 3.63) is 49.1 Å². The maximum atomic E-state index is 3.71. The van der Waals surface area contributed by atoms with E-state index in [-0.39, 0.29) is 0 Å². The number of hydrogen-bond acceptors (Lipinski definition) is 0. The lowest BCUT2D eigenvalue weighted by atomic mass is 10.1. The summed E-state index contributed by atoms with van der Waals surface area (Å²) in [5.41, 5.74) is 1.41. The van der Waals surface area contributed by atoms with Crippen LogP contribution in [0.3, 0.4) is 0 Å². The quantitative estimate of drug-likeness (QED) is 0.306. The Kier molecular flexibility index (Phi) is 8.33. The van der Waals surface area contributed by atoms with Crippen molar-refractivity contribution in [3.8, 4) is 0 Å². The summed E-state index contributed by atoms with van der Waals surface area (Å²) in [6.45, 7) is 9.53. The molecule has 0 spiro atoms. The smallest absolute Gasteiger partial charge is 0.0279 e. The van der Waals surface area contributed by atoms with E-state index in [4.69, 9.17) is 0 Å². The van der Waals surface area contributed by atoms with Crippen molar-refractivity contribution in [2.45, 2.75) is 32.6 Å². The third kappa shape index (κ3) is 7.32. The van der Waals surface area contributed by atoms with Crippen molar-refractivity contribution >= 4 is 0 Å². The molecule has 0 saturated heterocycles.